The van der Waals surface area contributed by atoms with Crippen LogP contribution in [-0.2, 0) is 4.74 Å². The molecule has 2 aliphatic carbocycles. The fourth-order valence-corrected chi connectivity index (χ4v) is 4.84. The van der Waals surface area contributed by atoms with Crippen LogP contribution in [0.3, 0.4) is 0 Å². The van der Waals surface area contributed by atoms with E-state index >= 15 is 0 Å². The Hall–Kier alpha value is -0.120. The lowest BCUT2D eigenvalue weighted by Gasteiger charge is -2.44. The predicted octanol–water partition coefficient (Wildman–Crippen LogP) is 1.94. The van der Waals surface area contributed by atoms with Gasteiger partial charge in [0.15, 0.2) is 0 Å². The van der Waals surface area contributed by atoms with Gasteiger partial charge in [-0.15, -0.1) is 0 Å². The Bertz CT molecular complexity index is 331. The summed E-state index contributed by atoms with van der Waals surface area (Å²) in [6.45, 7) is 9.10. The van der Waals surface area contributed by atoms with Gasteiger partial charge in [-0.3, -0.25) is 0 Å². The van der Waals surface area contributed by atoms with Crippen molar-refractivity contribution in [2.24, 2.45) is 16.7 Å². The molecule has 3 aliphatic rings. The first-order chi connectivity index (χ1) is 8.36. The van der Waals surface area contributed by atoms with Crippen LogP contribution in [0.25, 0.3) is 0 Å². The van der Waals surface area contributed by atoms with Gasteiger partial charge < -0.3 is 15.2 Å². The van der Waals surface area contributed by atoms with Crippen LogP contribution in [0.4, 0.5) is 0 Å². The summed E-state index contributed by atoms with van der Waals surface area (Å²) in [7, 11) is 0. The van der Waals surface area contributed by atoms with Gasteiger partial charge in [0.05, 0.1) is 6.61 Å². The molecule has 3 heteroatoms. The van der Waals surface area contributed by atoms with Gasteiger partial charge in [-0.25, -0.2) is 0 Å². The predicted molar refractivity (Wildman–Crippen MR) is 71.4 cm³/mol. The van der Waals surface area contributed by atoms with Crippen molar-refractivity contribution in [2.45, 2.75) is 58.1 Å². The summed E-state index contributed by atoms with van der Waals surface area (Å²) in [4.78, 5) is 0. The second-order valence-electron chi connectivity index (χ2n) is 7.76. The van der Waals surface area contributed by atoms with Gasteiger partial charge in [-0.05, 0) is 36.0 Å². The fraction of sp³-hybridized carbons (Fsp3) is 1.00. The van der Waals surface area contributed by atoms with Crippen LogP contribution >= 0.6 is 0 Å². The van der Waals surface area contributed by atoms with E-state index in [4.69, 9.17) is 4.74 Å². The van der Waals surface area contributed by atoms with Gasteiger partial charge in [0.1, 0.15) is 5.60 Å². The molecule has 3 fully saturated rings. The quantitative estimate of drug-likeness (QED) is 0.807. The van der Waals surface area contributed by atoms with E-state index in [1.54, 1.807) is 0 Å². The Morgan fingerprint density at radius 2 is 2.06 bits per heavy atom. The highest BCUT2D eigenvalue weighted by molar-refractivity contribution is 5.12. The second-order valence-corrected chi connectivity index (χ2v) is 7.76. The number of fused-ring (bicyclic) bond motifs is 2. The Labute approximate surface area is 110 Å². The van der Waals surface area contributed by atoms with E-state index in [-0.39, 0.29) is 0 Å². The molecule has 3 rings (SSSR count). The number of nitrogens with one attached hydrogen (secondary N) is 1. The first-order valence-corrected chi connectivity index (χ1v) is 7.39. The van der Waals surface area contributed by atoms with Crippen molar-refractivity contribution in [1.29, 1.82) is 0 Å². The summed E-state index contributed by atoms with van der Waals surface area (Å²) in [5.41, 5.74) is 0.168. The SMILES string of the molecule is CC1(C)C(NCC2(O)CCOC2)[C@]2(C)CC[C@H]1C2. The lowest BCUT2D eigenvalue weighted by molar-refractivity contribution is 0.0108. The molecule has 1 aliphatic heterocycles. The standard InChI is InChI=1S/C15H27NO2/c1-13(2)11-4-5-14(3,8-11)12(13)16-9-15(17)6-7-18-10-15/h11-12,16-17H,4-10H2,1-3H3/t11-,12?,14+,15?/m0/s1. The third-order valence-electron chi connectivity index (χ3n) is 5.99. The molecule has 0 aromatic rings. The van der Waals surface area contributed by atoms with E-state index in [1.807, 2.05) is 0 Å². The molecule has 1 heterocycles. The number of aliphatic hydroxyl groups is 1. The molecule has 2 unspecified atom stereocenters. The minimum atomic E-state index is -0.631. The number of hydrogen-bond donors (Lipinski definition) is 2. The maximum atomic E-state index is 10.4. The zero-order valence-corrected chi connectivity index (χ0v) is 12.0. The van der Waals surface area contributed by atoms with E-state index in [2.05, 4.69) is 26.1 Å². The highest BCUT2D eigenvalue weighted by Gasteiger charge is 2.59. The van der Waals surface area contributed by atoms with Gasteiger partial charge >= 0.3 is 0 Å². The summed E-state index contributed by atoms with van der Waals surface area (Å²) < 4.78 is 5.32. The molecule has 0 radical (unpaired) electrons. The highest BCUT2D eigenvalue weighted by atomic mass is 16.5. The average Bonchev–Trinajstić information content (AvgIpc) is 2.90. The Morgan fingerprint density at radius 3 is 2.61 bits per heavy atom. The molecular weight excluding hydrogens is 226 g/mol. The lowest BCUT2D eigenvalue weighted by atomic mass is 9.68. The van der Waals surface area contributed by atoms with Crippen molar-refractivity contribution < 1.29 is 9.84 Å². The normalized spacial score (nSPS) is 50.0. The van der Waals surface area contributed by atoms with Crippen molar-refractivity contribution >= 4 is 0 Å². The summed E-state index contributed by atoms with van der Waals surface area (Å²) in [5.74, 6) is 0.856. The van der Waals surface area contributed by atoms with Gasteiger partial charge in [0.2, 0.25) is 0 Å². The van der Waals surface area contributed by atoms with Gasteiger partial charge in [0, 0.05) is 25.6 Å². The molecule has 3 nitrogen and oxygen atoms in total. The maximum Gasteiger partial charge on any atom is 0.102 e. The number of rotatable bonds is 3. The topological polar surface area (TPSA) is 41.5 Å². The van der Waals surface area contributed by atoms with Crippen LogP contribution in [0.2, 0.25) is 0 Å². The zero-order chi connectivity index (χ0) is 13.0. The van der Waals surface area contributed by atoms with Crippen molar-refractivity contribution in [1.82, 2.24) is 5.32 Å². The van der Waals surface area contributed by atoms with Crippen molar-refractivity contribution in [3.63, 3.8) is 0 Å². The van der Waals surface area contributed by atoms with Gasteiger partial charge in [0.25, 0.3) is 0 Å². The summed E-state index contributed by atoms with van der Waals surface area (Å²) in [5, 5.41) is 14.1. The molecule has 2 N–H and O–H groups in total. The summed E-state index contributed by atoms with van der Waals surface area (Å²) in [6.07, 6.45) is 4.85. The van der Waals surface area contributed by atoms with E-state index in [9.17, 15) is 5.11 Å². The molecule has 4 atom stereocenters. The fourth-order valence-electron chi connectivity index (χ4n) is 4.84. The second kappa shape index (κ2) is 3.94. The molecule has 1 saturated heterocycles. The lowest BCUT2D eigenvalue weighted by Crippen LogP contribution is -2.54. The van der Waals surface area contributed by atoms with E-state index in [1.165, 1.54) is 19.3 Å². The van der Waals surface area contributed by atoms with E-state index in [0.717, 1.165) is 12.3 Å². The van der Waals surface area contributed by atoms with Crippen LogP contribution in [0.1, 0.15) is 46.5 Å². The zero-order valence-electron chi connectivity index (χ0n) is 12.0. The Balaban J connectivity index is 1.68. The minimum Gasteiger partial charge on any atom is -0.386 e. The monoisotopic (exact) mass is 253 g/mol. The van der Waals surface area contributed by atoms with Crippen LogP contribution in [-0.4, -0.2) is 36.5 Å². The van der Waals surface area contributed by atoms with Crippen LogP contribution in [0, 0.1) is 16.7 Å². The third kappa shape index (κ3) is 1.83. The van der Waals surface area contributed by atoms with E-state index < -0.39 is 5.60 Å². The van der Waals surface area contributed by atoms with Crippen LogP contribution in [0.5, 0.6) is 0 Å². The van der Waals surface area contributed by atoms with Gasteiger partial charge in [-0.1, -0.05) is 20.8 Å². The average molecular weight is 253 g/mol. The van der Waals surface area contributed by atoms with Crippen LogP contribution in [0.15, 0.2) is 0 Å². The minimum absolute atomic E-state index is 0.364. The van der Waals surface area contributed by atoms with Crippen molar-refractivity contribution in [3.05, 3.63) is 0 Å². The smallest absolute Gasteiger partial charge is 0.102 e. The molecule has 0 aromatic carbocycles. The van der Waals surface area contributed by atoms with Crippen LogP contribution < -0.4 is 5.32 Å². The Morgan fingerprint density at radius 1 is 1.28 bits per heavy atom. The molecular formula is C15H27NO2. The largest absolute Gasteiger partial charge is 0.386 e. The number of hydrogen-bond acceptors (Lipinski definition) is 3. The molecule has 0 amide bonds. The Kier molecular flexibility index (Phi) is 2.82. The number of ether oxygens (including phenoxy) is 1. The third-order valence-corrected chi connectivity index (χ3v) is 5.99. The van der Waals surface area contributed by atoms with Crippen molar-refractivity contribution in [2.75, 3.05) is 19.8 Å². The van der Waals surface area contributed by atoms with E-state index in [0.29, 0.717) is 36.6 Å². The summed E-state index contributed by atoms with van der Waals surface area (Å²) >= 11 is 0. The molecule has 0 spiro atoms. The maximum absolute atomic E-state index is 10.4. The molecule has 2 saturated carbocycles. The molecule has 0 aromatic heterocycles. The first kappa shape index (κ1) is 12.9. The summed E-state index contributed by atoms with van der Waals surface area (Å²) in [6, 6.07) is 0.536. The first-order valence-electron chi connectivity index (χ1n) is 7.39. The molecule has 104 valence electrons. The molecule has 2 bridgehead atoms. The molecule has 18 heavy (non-hydrogen) atoms. The highest BCUT2D eigenvalue weighted by Crippen LogP contribution is 2.62. The van der Waals surface area contributed by atoms with Crippen molar-refractivity contribution in [3.8, 4) is 0 Å². The van der Waals surface area contributed by atoms with Gasteiger partial charge in [-0.2, -0.15) is 0 Å².